The molecule has 0 bridgehead atoms. The Morgan fingerprint density at radius 1 is 1.06 bits per heavy atom. The maximum atomic E-state index is 14.5. The Bertz CT molecular complexity index is 911. The summed E-state index contributed by atoms with van der Waals surface area (Å²) in [6.45, 7) is 4.16. The van der Waals surface area contributed by atoms with Crippen LogP contribution in [0.2, 0.25) is 0 Å². The van der Waals surface area contributed by atoms with Crippen LogP contribution in [0.1, 0.15) is 78.9 Å². The fourth-order valence-corrected chi connectivity index (χ4v) is 5.34. The molecule has 1 N–H and O–H groups in total. The number of amides is 1. The highest BCUT2D eigenvalue weighted by atomic mass is 19.1. The average Bonchev–Trinajstić information content (AvgIpc) is 3.60. The molecule has 0 aliphatic heterocycles. The van der Waals surface area contributed by atoms with Crippen LogP contribution in [0, 0.1) is 12.7 Å². The SMILES string of the molecule is CCc1ccc(C2(CCO)CCC(N(C(=O)c3ccc(C)cc3F)C3CC3)CC2)cc1. The van der Waals surface area contributed by atoms with Crippen LogP contribution in [0.15, 0.2) is 42.5 Å². The lowest BCUT2D eigenvalue weighted by Crippen LogP contribution is -2.47. The topological polar surface area (TPSA) is 40.5 Å². The fraction of sp³-hybridized carbons (Fsp3) is 0.519. The minimum Gasteiger partial charge on any atom is -0.396 e. The second kappa shape index (κ2) is 9.12. The number of benzene rings is 2. The zero-order valence-electron chi connectivity index (χ0n) is 18.7. The molecule has 166 valence electrons. The summed E-state index contributed by atoms with van der Waals surface area (Å²) in [5, 5.41) is 9.80. The quantitative estimate of drug-likeness (QED) is 0.633. The normalized spacial score (nSPS) is 23.5. The van der Waals surface area contributed by atoms with Gasteiger partial charge in [0.05, 0.1) is 5.56 Å². The van der Waals surface area contributed by atoms with Gasteiger partial charge in [0.2, 0.25) is 0 Å². The Balaban J connectivity index is 1.53. The van der Waals surface area contributed by atoms with Gasteiger partial charge in [-0.3, -0.25) is 4.79 Å². The Labute approximate surface area is 185 Å². The Morgan fingerprint density at radius 3 is 2.26 bits per heavy atom. The molecule has 0 heterocycles. The standard InChI is InChI=1S/C27H34FNO2/c1-3-20-5-7-21(8-6-20)27(16-17-30)14-12-23(13-15-27)29(22-9-10-22)26(31)24-11-4-19(2)18-25(24)28/h4-8,11,18,22-23,30H,3,9-10,12-17H2,1-2H3. The first-order valence-electron chi connectivity index (χ1n) is 11.8. The highest BCUT2D eigenvalue weighted by Gasteiger charge is 2.43. The minimum atomic E-state index is -0.419. The minimum absolute atomic E-state index is 0.0368. The van der Waals surface area contributed by atoms with Crippen molar-refractivity contribution in [2.75, 3.05) is 6.61 Å². The van der Waals surface area contributed by atoms with Crippen molar-refractivity contribution in [3.63, 3.8) is 0 Å². The lowest BCUT2D eigenvalue weighted by atomic mass is 9.66. The molecule has 2 aromatic rings. The van der Waals surface area contributed by atoms with Crippen molar-refractivity contribution in [1.82, 2.24) is 4.90 Å². The molecule has 2 saturated carbocycles. The summed E-state index contributed by atoms with van der Waals surface area (Å²) in [6.07, 6.45) is 7.45. The first-order chi connectivity index (χ1) is 15.0. The number of nitrogens with zero attached hydrogens (tertiary/aromatic N) is 1. The molecule has 2 aliphatic carbocycles. The summed E-state index contributed by atoms with van der Waals surface area (Å²) in [4.78, 5) is 15.3. The molecule has 0 unspecified atom stereocenters. The van der Waals surface area contributed by atoms with E-state index in [2.05, 4.69) is 31.2 Å². The predicted molar refractivity (Wildman–Crippen MR) is 122 cm³/mol. The number of aryl methyl sites for hydroxylation is 2. The molecule has 2 aliphatic rings. The van der Waals surface area contributed by atoms with E-state index in [9.17, 15) is 14.3 Å². The highest BCUT2D eigenvalue weighted by molar-refractivity contribution is 5.95. The molecule has 0 aromatic heterocycles. The molecule has 2 fully saturated rings. The number of rotatable bonds is 7. The van der Waals surface area contributed by atoms with Crippen LogP contribution < -0.4 is 0 Å². The van der Waals surface area contributed by atoms with Crippen molar-refractivity contribution in [3.05, 3.63) is 70.5 Å². The third-order valence-corrected chi connectivity index (χ3v) is 7.40. The van der Waals surface area contributed by atoms with Crippen molar-refractivity contribution in [1.29, 1.82) is 0 Å². The molecule has 0 spiro atoms. The lowest BCUT2D eigenvalue weighted by molar-refractivity contribution is 0.0547. The number of hydrogen-bond acceptors (Lipinski definition) is 2. The van der Waals surface area contributed by atoms with Gasteiger partial charge >= 0.3 is 0 Å². The maximum absolute atomic E-state index is 14.5. The average molecular weight is 424 g/mol. The van der Waals surface area contributed by atoms with Crippen LogP contribution in [0.5, 0.6) is 0 Å². The summed E-state index contributed by atoms with van der Waals surface area (Å²) in [6, 6.07) is 14.1. The summed E-state index contributed by atoms with van der Waals surface area (Å²) in [5.74, 6) is -0.580. The van der Waals surface area contributed by atoms with Gasteiger partial charge in [-0.2, -0.15) is 0 Å². The van der Waals surface area contributed by atoms with Gasteiger partial charge in [-0.05, 0) is 92.5 Å². The Hall–Kier alpha value is -2.20. The zero-order valence-corrected chi connectivity index (χ0v) is 18.7. The molecule has 3 nitrogen and oxygen atoms in total. The lowest BCUT2D eigenvalue weighted by Gasteiger charge is -2.44. The number of carbonyl (C=O) groups excluding carboxylic acids is 1. The number of carbonyl (C=O) groups is 1. The van der Waals surface area contributed by atoms with E-state index in [-0.39, 0.29) is 35.6 Å². The molecule has 0 saturated heterocycles. The summed E-state index contributed by atoms with van der Waals surface area (Å²) < 4.78 is 14.5. The van der Waals surface area contributed by atoms with Crippen molar-refractivity contribution in [3.8, 4) is 0 Å². The number of halogens is 1. The molecule has 4 heteroatoms. The second-order valence-corrected chi connectivity index (χ2v) is 9.46. The number of hydrogen-bond donors (Lipinski definition) is 1. The van der Waals surface area contributed by atoms with Crippen molar-refractivity contribution in [2.24, 2.45) is 0 Å². The van der Waals surface area contributed by atoms with Crippen LogP contribution in [-0.2, 0) is 11.8 Å². The van der Waals surface area contributed by atoms with Gasteiger partial charge in [0.15, 0.2) is 0 Å². The van der Waals surface area contributed by atoms with Crippen molar-refractivity contribution >= 4 is 5.91 Å². The second-order valence-electron chi connectivity index (χ2n) is 9.46. The Morgan fingerprint density at radius 2 is 1.71 bits per heavy atom. The zero-order chi connectivity index (χ0) is 22.0. The third-order valence-electron chi connectivity index (χ3n) is 7.40. The van der Waals surface area contributed by atoms with E-state index < -0.39 is 5.82 Å². The summed E-state index contributed by atoms with van der Waals surface area (Å²) in [5.41, 5.74) is 3.60. The van der Waals surface area contributed by atoms with E-state index in [0.29, 0.717) is 0 Å². The van der Waals surface area contributed by atoms with Crippen LogP contribution in [0.3, 0.4) is 0 Å². The van der Waals surface area contributed by atoms with E-state index in [0.717, 1.165) is 56.9 Å². The monoisotopic (exact) mass is 423 g/mol. The van der Waals surface area contributed by atoms with Gasteiger partial charge in [-0.1, -0.05) is 37.3 Å². The van der Waals surface area contributed by atoms with Crippen molar-refractivity contribution in [2.45, 2.75) is 82.7 Å². The highest BCUT2D eigenvalue weighted by Crippen LogP contribution is 2.45. The van der Waals surface area contributed by atoms with E-state index in [1.807, 2.05) is 17.9 Å². The molecule has 0 atom stereocenters. The molecule has 4 rings (SSSR count). The van der Waals surface area contributed by atoms with Gasteiger partial charge < -0.3 is 10.0 Å². The fourth-order valence-electron chi connectivity index (χ4n) is 5.34. The predicted octanol–water partition coefficient (Wildman–Crippen LogP) is 5.56. The molecule has 2 aromatic carbocycles. The van der Waals surface area contributed by atoms with E-state index in [1.54, 1.807) is 6.07 Å². The van der Waals surface area contributed by atoms with Gasteiger partial charge in [-0.25, -0.2) is 4.39 Å². The maximum Gasteiger partial charge on any atom is 0.257 e. The van der Waals surface area contributed by atoms with Gasteiger partial charge in [0.25, 0.3) is 5.91 Å². The number of aliphatic hydroxyl groups excluding tert-OH is 1. The van der Waals surface area contributed by atoms with Gasteiger partial charge in [0.1, 0.15) is 5.82 Å². The van der Waals surface area contributed by atoms with E-state index in [1.165, 1.54) is 17.2 Å². The van der Waals surface area contributed by atoms with Crippen LogP contribution >= 0.6 is 0 Å². The molecule has 0 radical (unpaired) electrons. The summed E-state index contributed by atoms with van der Waals surface area (Å²) in [7, 11) is 0. The van der Waals surface area contributed by atoms with E-state index in [4.69, 9.17) is 0 Å². The van der Waals surface area contributed by atoms with Crippen LogP contribution in [-0.4, -0.2) is 34.6 Å². The molecular formula is C27H34FNO2. The van der Waals surface area contributed by atoms with Gasteiger partial charge in [0, 0.05) is 18.7 Å². The van der Waals surface area contributed by atoms with Gasteiger partial charge in [-0.15, -0.1) is 0 Å². The Kier molecular flexibility index (Phi) is 6.47. The number of aliphatic hydroxyl groups is 1. The first kappa shape index (κ1) is 22.0. The largest absolute Gasteiger partial charge is 0.396 e. The molecule has 31 heavy (non-hydrogen) atoms. The molecular weight excluding hydrogens is 389 g/mol. The smallest absolute Gasteiger partial charge is 0.257 e. The third kappa shape index (κ3) is 4.55. The van der Waals surface area contributed by atoms with Crippen LogP contribution in [0.4, 0.5) is 4.39 Å². The first-order valence-corrected chi connectivity index (χ1v) is 11.8. The van der Waals surface area contributed by atoms with Crippen LogP contribution in [0.25, 0.3) is 0 Å². The molecule has 1 amide bonds. The van der Waals surface area contributed by atoms with E-state index >= 15 is 0 Å². The summed E-state index contributed by atoms with van der Waals surface area (Å²) >= 11 is 0. The van der Waals surface area contributed by atoms with Crippen molar-refractivity contribution < 1.29 is 14.3 Å².